The van der Waals surface area contributed by atoms with Gasteiger partial charge in [0.05, 0.1) is 6.26 Å². The van der Waals surface area contributed by atoms with Crippen molar-refractivity contribution in [3.63, 3.8) is 0 Å². The minimum atomic E-state index is -0.0942. The van der Waals surface area contributed by atoms with Gasteiger partial charge in [0, 0.05) is 31.6 Å². The lowest BCUT2D eigenvalue weighted by atomic mass is 9.95. The van der Waals surface area contributed by atoms with Crippen LogP contribution in [0.3, 0.4) is 0 Å². The highest BCUT2D eigenvalue weighted by molar-refractivity contribution is 5.91. The van der Waals surface area contributed by atoms with Crippen LogP contribution in [-0.4, -0.2) is 60.4 Å². The summed E-state index contributed by atoms with van der Waals surface area (Å²) in [5.74, 6) is 0.328. The highest BCUT2D eigenvalue weighted by atomic mass is 16.3. The zero-order valence-corrected chi connectivity index (χ0v) is 18.0. The molecule has 0 spiro atoms. The normalized spacial score (nSPS) is 15.9. The molecule has 1 aliphatic rings. The first kappa shape index (κ1) is 22.1. The van der Waals surface area contributed by atoms with E-state index in [4.69, 9.17) is 4.42 Å². The molecule has 3 rings (SSSR count). The molecule has 1 fully saturated rings. The second-order valence-corrected chi connectivity index (χ2v) is 7.85. The van der Waals surface area contributed by atoms with Crippen molar-refractivity contribution in [2.24, 2.45) is 5.92 Å². The lowest BCUT2D eigenvalue weighted by Crippen LogP contribution is -2.48. The number of piperidine rings is 1. The van der Waals surface area contributed by atoms with Crippen molar-refractivity contribution >= 4 is 11.8 Å². The number of amides is 2. The Bertz CT molecular complexity index is 779. The summed E-state index contributed by atoms with van der Waals surface area (Å²) in [6.45, 7) is 8.04. The standard InChI is InChI=1S/C24H33N3O3/c1-3-26(4-2)21(17-19-9-6-5-7-10-19)18-25-23(28)20-12-14-27(15-13-20)24(29)22-11-8-16-30-22/h5-11,16,20-21H,3-4,12-15,17-18H2,1-2H3,(H,25,28). The molecule has 0 aliphatic carbocycles. The van der Waals surface area contributed by atoms with Crippen molar-refractivity contribution in [2.75, 3.05) is 32.7 Å². The summed E-state index contributed by atoms with van der Waals surface area (Å²) < 4.78 is 5.21. The third kappa shape index (κ3) is 5.72. The Balaban J connectivity index is 1.51. The molecule has 1 atom stereocenters. The smallest absolute Gasteiger partial charge is 0.289 e. The number of nitrogens with one attached hydrogen (secondary N) is 1. The number of nitrogens with zero attached hydrogens (tertiary/aromatic N) is 2. The van der Waals surface area contributed by atoms with E-state index in [-0.39, 0.29) is 23.8 Å². The van der Waals surface area contributed by atoms with Gasteiger partial charge in [-0.25, -0.2) is 0 Å². The number of hydrogen-bond acceptors (Lipinski definition) is 4. The van der Waals surface area contributed by atoms with Gasteiger partial charge < -0.3 is 14.6 Å². The lowest BCUT2D eigenvalue weighted by molar-refractivity contribution is -0.126. The van der Waals surface area contributed by atoms with Crippen LogP contribution in [0.2, 0.25) is 0 Å². The summed E-state index contributed by atoms with van der Waals surface area (Å²) in [7, 11) is 0. The second kappa shape index (κ2) is 11.0. The van der Waals surface area contributed by atoms with Crippen LogP contribution < -0.4 is 5.32 Å². The van der Waals surface area contributed by atoms with Gasteiger partial charge in [-0.05, 0) is 50.0 Å². The number of likely N-dealkylation sites (N-methyl/N-ethyl adjacent to an activating group) is 1. The van der Waals surface area contributed by atoms with Gasteiger partial charge >= 0.3 is 0 Å². The fraction of sp³-hybridized carbons (Fsp3) is 0.500. The number of furan rings is 1. The van der Waals surface area contributed by atoms with Gasteiger partial charge in [0.1, 0.15) is 0 Å². The fourth-order valence-electron chi connectivity index (χ4n) is 4.22. The number of likely N-dealkylation sites (tertiary alicyclic amines) is 1. The molecular formula is C24H33N3O3. The van der Waals surface area contributed by atoms with Crippen LogP contribution in [0.15, 0.2) is 53.1 Å². The predicted octanol–water partition coefficient (Wildman–Crippen LogP) is 3.20. The van der Waals surface area contributed by atoms with E-state index in [1.165, 1.54) is 11.8 Å². The van der Waals surface area contributed by atoms with Crippen LogP contribution in [0.1, 0.15) is 42.8 Å². The first-order chi connectivity index (χ1) is 14.6. The molecule has 6 nitrogen and oxygen atoms in total. The van der Waals surface area contributed by atoms with Gasteiger partial charge in [-0.1, -0.05) is 44.2 Å². The summed E-state index contributed by atoms with van der Waals surface area (Å²) in [4.78, 5) is 29.4. The molecule has 1 unspecified atom stereocenters. The van der Waals surface area contributed by atoms with Crippen molar-refractivity contribution in [3.8, 4) is 0 Å². The molecule has 2 amide bonds. The molecule has 6 heteroatoms. The Morgan fingerprint density at radius 1 is 1.10 bits per heavy atom. The van der Waals surface area contributed by atoms with Crippen LogP contribution >= 0.6 is 0 Å². The predicted molar refractivity (Wildman–Crippen MR) is 117 cm³/mol. The third-order valence-corrected chi connectivity index (χ3v) is 6.04. The molecule has 1 N–H and O–H groups in total. The second-order valence-electron chi connectivity index (χ2n) is 7.85. The molecule has 1 aromatic carbocycles. The Labute approximate surface area is 179 Å². The van der Waals surface area contributed by atoms with Gasteiger partial charge in [-0.2, -0.15) is 0 Å². The Morgan fingerprint density at radius 3 is 2.40 bits per heavy atom. The highest BCUT2D eigenvalue weighted by Gasteiger charge is 2.29. The van der Waals surface area contributed by atoms with E-state index in [2.05, 4.69) is 48.3 Å². The highest BCUT2D eigenvalue weighted by Crippen LogP contribution is 2.20. The van der Waals surface area contributed by atoms with E-state index in [0.29, 0.717) is 38.2 Å². The largest absolute Gasteiger partial charge is 0.459 e. The Hall–Kier alpha value is -2.60. The maximum atomic E-state index is 12.8. The molecule has 30 heavy (non-hydrogen) atoms. The van der Waals surface area contributed by atoms with Crippen molar-refractivity contribution in [1.82, 2.24) is 15.1 Å². The zero-order chi connectivity index (χ0) is 21.3. The SMILES string of the molecule is CCN(CC)C(CNC(=O)C1CCN(C(=O)c2ccco2)CC1)Cc1ccccc1. The monoisotopic (exact) mass is 411 g/mol. The van der Waals surface area contributed by atoms with Crippen LogP contribution in [0.5, 0.6) is 0 Å². The van der Waals surface area contributed by atoms with Crippen molar-refractivity contribution in [1.29, 1.82) is 0 Å². The van der Waals surface area contributed by atoms with Gasteiger partial charge in [-0.15, -0.1) is 0 Å². The van der Waals surface area contributed by atoms with Crippen molar-refractivity contribution in [2.45, 2.75) is 39.2 Å². The van der Waals surface area contributed by atoms with Crippen molar-refractivity contribution < 1.29 is 14.0 Å². The summed E-state index contributed by atoms with van der Waals surface area (Å²) >= 11 is 0. The Morgan fingerprint density at radius 2 is 1.80 bits per heavy atom. The van der Waals surface area contributed by atoms with E-state index >= 15 is 0 Å². The van der Waals surface area contributed by atoms with E-state index in [9.17, 15) is 9.59 Å². The van der Waals surface area contributed by atoms with Crippen molar-refractivity contribution in [3.05, 3.63) is 60.1 Å². The van der Waals surface area contributed by atoms with Crippen LogP contribution in [0.25, 0.3) is 0 Å². The zero-order valence-electron chi connectivity index (χ0n) is 18.0. The van der Waals surface area contributed by atoms with Gasteiger partial charge in [0.2, 0.25) is 5.91 Å². The molecule has 2 aromatic rings. The third-order valence-electron chi connectivity index (χ3n) is 6.04. The maximum absolute atomic E-state index is 12.8. The fourth-order valence-corrected chi connectivity index (χ4v) is 4.22. The minimum Gasteiger partial charge on any atom is -0.459 e. The van der Waals surface area contributed by atoms with E-state index < -0.39 is 0 Å². The average Bonchev–Trinajstić information content (AvgIpc) is 3.33. The van der Waals surface area contributed by atoms with Crippen LogP contribution in [0, 0.1) is 5.92 Å². The minimum absolute atomic E-state index is 0.0419. The summed E-state index contributed by atoms with van der Waals surface area (Å²) in [6.07, 6.45) is 3.80. The number of rotatable bonds is 9. The lowest BCUT2D eigenvalue weighted by Gasteiger charge is -2.33. The summed E-state index contributed by atoms with van der Waals surface area (Å²) in [5.41, 5.74) is 1.29. The molecular weight excluding hydrogens is 378 g/mol. The molecule has 1 aliphatic heterocycles. The van der Waals surface area contributed by atoms with Crippen LogP contribution in [0.4, 0.5) is 0 Å². The number of carbonyl (C=O) groups is 2. The van der Waals surface area contributed by atoms with Gasteiger partial charge in [-0.3, -0.25) is 14.5 Å². The van der Waals surface area contributed by atoms with E-state index in [1.807, 2.05) is 6.07 Å². The molecule has 0 saturated carbocycles. The topological polar surface area (TPSA) is 65.8 Å². The first-order valence-corrected chi connectivity index (χ1v) is 11.0. The summed E-state index contributed by atoms with van der Waals surface area (Å²) in [5, 5.41) is 3.19. The number of hydrogen-bond donors (Lipinski definition) is 1. The maximum Gasteiger partial charge on any atom is 0.289 e. The van der Waals surface area contributed by atoms with E-state index in [0.717, 1.165) is 19.5 Å². The quantitative estimate of drug-likeness (QED) is 0.688. The molecule has 2 heterocycles. The molecule has 1 saturated heterocycles. The van der Waals surface area contributed by atoms with Gasteiger partial charge in [0.25, 0.3) is 5.91 Å². The molecule has 162 valence electrons. The molecule has 0 bridgehead atoms. The van der Waals surface area contributed by atoms with Gasteiger partial charge in [0.15, 0.2) is 5.76 Å². The number of carbonyl (C=O) groups excluding carboxylic acids is 2. The van der Waals surface area contributed by atoms with Crippen LogP contribution in [-0.2, 0) is 11.2 Å². The first-order valence-electron chi connectivity index (χ1n) is 11.0. The van der Waals surface area contributed by atoms with E-state index in [1.54, 1.807) is 17.0 Å². The number of benzene rings is 1. The summed E-state index contributed by atoms with van der Waals surface area (Å²) in [6, 6.07) is 14.1. The molecule has 1 aromatic heterocycles. The average molecular weight is 412 g/mol. The molecule has 0 radical (unpaired) electrons. The Kier molecular flexibility index (Phi) is 8.08.